The molecule has 26 heavy (non-hydrogen) atoms. The lowest BCUT2D eigenvalue weighted by Gasteiger charge is -2.40. The molecule has 0 amide bonds. The van der Waals surface area contributed by atoms with Crippen LogP contribution in [0.4, 0.5) is 5.82 Å². The SMILES string of the molecule is Cc1cccc(CN2CCC[C@@]3(CCN(c4cc(C#N)ccn4)C3)C2)c1. The first kappa shape index (κ1) is 17.1. The molecule has 4 heteroatoms. The van der Waals surface area contributed by atoms with Crippen molar-refractivity contribution in [1.29, 1.82) is 5.26 Å². The third-order valence-corrected chi connectivity index (χ3v) is 5.87. The molecule has 2 fully saturated rings. The molecule has 1 aromatic carbocycles. The third kappa shape index (κ3) is 3.59. The Morgan fingerprint density at radius 3 is 2.92 bits per heavy atom. The molecule has 2 aliphatic rings. The maximum atomic E-state index is 9.14. The molecule has 4 rings (SSSR count). The van der Waals surface area contributed by atoms with E-state index in [0.717, 1.165) is 32.0 Å². The summed E-state index contributed by atoms with van der Waals surface area (Å²) in [5.74, 6) is 0.955. The number of nitrogens with zero attached hydrogens (tertiary/aromatic N) is 4. The van der Waals surface area contributed by atoms with Gasteiger partial charge in [-0.2, -0.15) is 5.26 Å². The van der Waals surface area contributed by atoms with E-state index in [-0.39, 0.29) is 0 Å². The van der Waals surface area contributed by atoms with Crippen LogP contribution in [0.15, 0.2) is 42.6 Å². The van der Waals surface area contributed by atoms with E-state index < -0.39 is 0 Å². The predicted octanol–water partition coefficient (Wildman–Crippen LogP) is 3.75. The number of pyridine rings is 1. The Labute approximate surface area is 156 Å². The molecule has 0 aliphatic carbocycles. The van der Waals surface area contributed by atoms with Gasteiger partial charge in [-0.15, -0.1) is 0 Å². The predicted molar refractivity (Wildman–Crippen MR) is 104 cm³/mol. The molecule has 0 bridgehead atoms. The van der Waals surface area contributed by atoms with Crippen LogP contribution in [0.25, 0.3) is 0 Å². The van der Waals surface area contributed by atoms with Crippen LogP contribution in [0.3, 0.4) is 0 Å². The highest BCUT2D eigenvalue weighted by Gasteiger charge is 2.41. The molecule has 2 aromatic rings. The van der Waals surface area contributed by atoms with Gasteiger partial charge >= 0.3 is 0 Å². The van der Waals surface area contributed by atoms with Gasteiger partial charge in [-0.3, -0.25) is 4.90 Å². The zero-order chi connectivity index (χ0) is 18.0. The molecule has 1 atom stereocenters. The van der Waals surface area contributed by atoms with E-state index in [0.29, 0.717) is 11.0 Å². The highest BCUT2D eigenvalue weighted by Crippen LogP contribution is 2.40. The van der Waals surface area contributed by atoms with Crippen LogP contribution < -0.4 is 4.90 Å². The third-order valence-electron chi connectivity index (χ3n) is 5.87. The van der Waals surface area contributed by atoms with Gasteiger partial charge < -0.3 is 4.90 Å². The highest BCUT2D eigenvalue weighted by atomic mass is 15.2. The van der Waals surface area contributed by atoms with E-state index in [1.807, 2.05) is 6.07 Å². The van der Waals surface area contributed by atoms with E-state index in [9.17, 15) is 0 Å². The van der Waals surface area contributed by atoms with Crippen molar-refractivity contribution in [1.82, 2.24) is 9.88 Å². The summed E-state index contributed by atoms with van der Waals surface area (Å²) < 4.78 is 0. The Hall–Kier alpha value is -2.38. The zero-order valence-corrected chi connectivity index (χ0v) is 15.5. The molecule has 0 N–H and O–H groups in total. The summed E-state index contributed by atoms with van der Waals surface area (Å²) in [6, 6.07) is 14.8. The summed E-state index contributed by atoms with van der Waals surface area (Å²) in [5, 5.41) is 9.14. The zero-order valence-electron chi connectivity index (χ0n) is 15.5. The Bertz CT molecular complexity index is 825. The maximum Gasteiger partial charge on any atom is 0.129 e. The summed E-state index contributed by atoms with van der Waals surface area (Å²) in [6.07, 6.45) is 5.54. The van der Waals surface area contributed by atoms with Gasteiger partial charge in [-0.1, -0.05) is 29.8 Å². The van der Waals surface area contributed by atoms with Gasteiger partial charge in [0, 0.05) is 37.8 Å². The van der Waals surface area contributed by atoms with Crippen LogP contribution in [0, 0.1) is 23.7 Å². The summed E-state index contributed by atoms with van der Waals surface area (Å²) in [4.78, 5) is 9.50. The molecule has 4 nitrogen and oxygen atoms in total. The van der Waals surface area contributed by atoms with Crippen LogP contribution in [0.2, 0.25) is 0 Å². The van der Waals surface area contributed by atoms with Crippen LogP contribution >= 0.6 is 0 Å². The van der Waals surface area contributed by atoms with Crippen LogP contribution in [-0.2, 0) is 6.54 Å². The second-order valence-electron chi connectivity index (χ2n) is 7.99. The fourth-order valence-electron chi connectivity index (χ4n) is 4.64. The Kier molecular flexibility index (Phi) is 4.65. The highest BCUT2D eigenvalue weighted by molar-refractivity contribution is 5.46. The average molecular weight is 346 g/mol. The molecular formula is C22H26N4. The molecule has 2 saturated heterocycles. The van der Waals surface area contributed by atoms with E-state index in [1.54, 1.807) is 12.3 Å². The monoisotopic (exact) mass is 346 g/mol. The second kappa shape index (κ2) is 7.09. The molecule has 1 aromatic heterocycles. The van der Waals surface area contributed by atoms with Crippen LogP contribution in [0.5, 0.6) is 0 Å². The largest absolute Gasteiger partial charge is 0.356 e. The minimum Gasteiger partial charge on any atom is -0.356 e. The minimum atomic E-state index is 0.367. The first-order valence-corrected chi connectivity index (χ1v) is 9.55. The minimum absolute atomic E-state index is 0.367. The Morgan fingerprint density at radius 1 is 1.15 bits per heavy atom. The smallest absolute Gasteiger partial charge is 0.129 e. The quantitative estimate of drug-likeness (QED) is 0.849. The molecule has 1 spiro atoms. The summed E-state index contributed by atoms with van der Waals surface area (Å²) in [5.41, 5.74) is 3.82. The van der Waals surface area contributed by atoms with Gasteiger partial charge in [0.2, 0.25) is 0 Å². The van der Waals surface area contributed by atoms with E-state index in [4.69, 9.17) is 5.26 Å². The van der Waals surface area contributed by atoms with Crippen molar-refractivity contribution in [2.24, 2.45) is 5.41 Å². The topological polar surface area (TPSA) is 43.2 Å². The molecule has 0 radical (unpaired) electrons. The van der Waals surface area contributed by atoms with Crippen molar-refractivity contribution in [2.75, 3.05) is 31.1 Å². The first-order valence-electron chi connectivity index (χ1n) is 9.55. The van der Waals surface area contributed by atoms with Crippen LogP contribution in [0.1, 0.15) is 36.0 Å². The Morgan fingerprint density at radius 2 is 2.08 bits per heavy atom. The average Bonchev–Trinajstić information content (AvgIpc) is 3.05. The van der Waals surface area contributed by atoms with Gasteiger partial charge in [0.15, 0.2) is 0 Å². The number of aryl methyl sites for hydroxylation is 1. The number of benzene rings is 1. The van der Waals surface area contributed by atoms with Crippen molar-refractivity contribution in [3.8, 4) is 6.07 Å². The van der Waals surface area contributed by atoms with Crippen molar-refractivity contribution < 1.29 is 0 Å². The standard InChI is InChI=1S/C22H26N4/c1-18-4-2-5-20(12-18)15-25-10-3-7-22(16-25)8-11-26(17-22)21-13-19(14-23)6-9-24-21/h2,4-6,9,12-13H,3,7-8,10-11,15-17H2,1H3/t22-/m1/s1. The fourth-order valence-corrected chi connectivity index (χ4v) is 4.64. The molecule has 3 heterocycles. The van der Waals surface area contributed by atoms with Gasteiger partial charge in [0.05, 0.1) is 11.6 Å². The van der Waals surface area contributed by atoms with Crippen molar-refractivity contribution in [3.63, 3.8) is 0 Å². The van der Waals surface area contributed by atoms with E-state index >= 15 is 0 Å². The lowest BCUT2D eigenvalue weighted by Crippen LogP contribution is -2.44. The summed E-state index contributed by atoms with van der Waals surface area (Å²) in [6.45, 7) is 7.66. The first-order chi connectivity index (χ1) is 12.7. The summed E-state index contributed by atoms with van der Waals surface area (Å²) in [7, 11) is 0. The van der Waals surface area contributed by atoms with Gasteiger partial charge in [-0.05, 0) is 50.4 Å². The van der Waals surface area contributed by atoms with Gasteiger partial charge in [0.25, 0.3) is 0 Å². The number of hydrogen-bond acceptors (Lipinski definition) is 4. The number of aromatic nitrogens is 1. The summed E-state index contributed by atoms with van der Waals surface area (Å²) >= 11 is 0. The van der Waals surface area contributed by atoms with E-state index in [1.165, 1.54) is 36.9 Å². The number of likely N-dealkylation sites (tertiary alicyclic amines) is 1. The number of piperidine rings is 1. The maximum absolute atomic E-state index is 9.14. The lowest BCUT2D eigenvalue weighted by atomic mass is 9.79. The van der Waals surface area contributed by atoms with Crippen molar-refractivity contribution in [2.45, 2.75) is 32.7 Å². The van der Waals surface area contributed by atoms with Crippen LogP contribution in [-0.4, -0.2) is 36.1 Å². The second-order valence-corrected chi connectivity index (χ2v) is 7.99. The fraction of sp³-hybridized carbons (Fsp3) is 0.455. The normalized spacial score (nSPS) is 23.3. The van der Waals surface area contributed by atoms with Gasteiger partial charge in [0.1, 0.15) is 5.82 Å². The molecular weight excluding hydrogens is 320 g/mol. The lowest BCUT2D eigenvalue weighted by molar-refractivity contribution is 0.0991. The van der Waals surface area contributed by atoms with Gasteiger partial charge in [-0.25, -0.2) is 4.98 Å². The van der Waals surface area contributed by atoms with Crippen molar-refractivity contribution >= 4 is 5.82 Å². The number of hydrogen-bond donors (Lipinski definition) is 0. The van der Waals surface area contributed by atoms with Crippen molar-refractivity contribution in [3.05, 3.63) is 59.3 Å². The number of anilines is 1. The molecule has 134 valence electrons. The number of nitriles is 1. The molecule has 0 saturated carbocycles. The number of rotatable bonds is 3. The Balaban J connectivity index is 1.44. The molecule has 0 unspecified atom stereocenters. The van der Waals surface area contributed by atoms with E-state index in [2.05, 4.69) is 52.0 Å². The molecule has 2 aliphatic heterocycles.